The predicted octanol–water partition coefficient (Wildman–Crippen LogP) is 2.52. The van der Waals surface area contributed by atoms with E-state index in [0.717, 1.165) is 30.2 Å². The van der Waals surface area contributed by atoms with Crippen LogP contribution in [0.2, 0.25) is 0 Å². The van der Waals surface area contributed by atoms with Gasteiger partial charge in [-0.05, 0) is 44.2 Å². The van der Waals surface area contributed by atoms with Crippen molar-refractivity contribution in [3.8, 4) is 5.69 Å². The van der Waals surface area contributed by atoms with Gasteiger partial charge in [-0.15, -0.1) is 0 Å². The molecule has 0 atom stereocenters. The van der Waals surface area contributed by atoms with Crippen molar-refractivity contribution in [2.75, 3.05) is 37.8 Å². The molecule has 0 aliphatic carbocycles. The van der Waals surface area contributed by atoms with Crippen LogP contribution in [0.4, 0.5) is 5.82 Å². The highest BCUT2D eigenvalue weighted by molar-refractivity contribution is 5.94. The summed E-state index contributed by atoms with van der Waals surface area (Å²) in [5.74, 6) is 0.301. The first-order chi connectivity index (χ1) is 16.1. The Morgan fingerprint density at radius 3 is 2.64 bits per heavy atom. The number of nitrogens with one attached hydrogen (secondary N) is 1. The lowest BCUT2D eigenvalue weighted by atomic mass is 10.1. The van der Waals surface area contributed by atoms with E-state index in [-0.39, 0.29) is 5.91 Å². The average molecular weight is 450 g/mol. The Hall–Kier alpha value is -3.72. The number of carbonyl (C=O) groups is 2. The summed E-state index contributed by atoms with van der Waals surface area (Å²) < 4.78 is 12.1. The van der Waals surface area contributed by atoms with Crippen LogP contribution in [0.15, 0.2) is 48.8 Å². The minimum Gasteiger partial charge on any atom is -0.462 e. The number of pyridine rings is 1. The molecule has 1 fully saturated rings. The molecule has 0 unspecified atom stereocenters. The second-order valence-electron chi connectivity index (χ2n) is 7.59. The summed E-state index contributed by atoms with van der Waals surface area (Å²) >= 11 is 0. The van der Waals surface area contributed by atoms with Gasteiger partial charge >= 0.3 is 5.97 Å². The first kappa shape index (κ1) is 22.5. The SMILES string of the molecule is CCOC(=O)c1cnn(-c2ccc(C(=O)NCc3cccnc3N3CCOCC3)cc2)c1C. The zero-order valence-corrected chi connectivity index (χ0v) is 18.8. The maximum atomic E-state index is 12.7. The molecule has 0 bridgehead atoms. The molecule has 1 saturated heterocycles. The van der Waals surface area contributed by atoms with Gasteiger partial charge in [0.15, 0.2) is 0 Å². The molecule has 1 aliphatic heterocycles. The Balaban J connectivity index is 1.42. The van der Waals surface area contributed by atoms with Crippen LogP contribution in [0.3, 0.4) is 0 Å². The van der Waals surface area contributed by atoms with E-state index < -0.39 is 5.97 Å². The fourth-order valence-electron chi connectivity index (χ4n) is 3.74. The maximum absolute atomic E-state index is 12.7. The summed E-state index contributed by atoms with van der Waals surface area (Å²) in [6.45, 7) is 7.16. The lowest BCUT2D eigenvalue weighted by Gasteiger charge is -2.29. The third-order valence-corrected chi connectivity index (χ3v) is 5.50. The lowest BCUT2D eigenvalue weighted by molar-refractivity contribution is 0.0525. The van der Waals surface area contributed by atoms with E-state index in [0.29, 0.717) is 43.2 Å². The molecule has 1 aromatic carbocycles. The number of amides is 1. The van der Waals surface area contributed by atoms with Gasteiger partial charge in [-0.1, -0.05) is 6.07 Å². The summed E-state index contributed by atoms with van der Waals surface area (Å²) in [4.78, 5) is 31.4. The Labute approximate surface area is 192 Å². The molecule has 1 amide bonds. The van der Waals surface area contributed by atoms with Crippen molar-refractivity contribution in [1.82, 2.24) is 20.1 Å². The highest BCUT2D eigenvalue weighted by Crippen LogP contribution is 2.19. The number of nitrogens with zero attached hydrogens (tertiary/aromatic N) is 4. The second kappa shape index (κ2) is 10.3. The number of ether oxygens (including phenoxy) is 2. The molecule has 2 aromatic heterocycles. The van der Waals surface area contributed by atoms with E-state index >= 15 is 0 Å². The van der Waals surface area contributed by atoms with Crippen LogP contribution in [0, 0.1) is 6.92 Å². The van der Waals surface area contributed by atoms with Crippen molar-refractivity contribution in [2.24, 2.45) is 0 Å². The van der Waals surface area contributed by atoms with E-state index in [1.54, 1.807) is 49.0 Å². The third-order valence-electron chi connectivity index (χ3n) is 5.50. The van der Waals surface area contributed by atoms with E-state index in [1.807, 2.05) is 12.1 Å². The molecule has 9 heteroatoms. The summed E-state index contributed by atoms with van der Waals surface area (Å²) in [7, 11) is 0. The largest absolute Gasteiger partial charge is 0.462 e. The first-order valence-electron chi connectivity index (χ1n) is 11.0. The van der Waals surface area contributed by atoms with Gasteiger partial charge < -0.3 is 19.7 Å². The smallest absolute Gasteiger partial charge is 0.341 e. The minimum absolute atomic E-state index is 0.178. The molecule has 9 nitrogen and oxygen atoms in total. The fourth-order valence-corrected chi connectivity index (χ4v) is 3.74. The standard InChI is InChI=1S/C24H27N5O4/c1-3-33-24(31)21-16-27-29(17(21)2)20-8-6-18(7-9-20)23(30)26-15-19-5-4-10-25-22(19)28-11-13-32-14-12-28/h4-10,16H,3,11-15H2,1-2H3,(H,26,30). The molecule has 172 valence electrons. The predicted molar refractivity (Wildman–Crippen MR) is 123 cm³/mol. The minimum atomic E-state index is -0.399. The quantitative estimate of drug-likeness (QED) is 0.554. The summed E-state index contributed by atoms with van der Waals surface area (Å²) in [5.41, 5.74) is 3.35. The van der Waals surface area contributed by atoms with Gasteiger partial charge in [0.05, 0.1) is 37.4 Å². The van der Waals surface area contributed by atoms with Crippen LogP contribution in [0.25, 0.3) is 5.69 Å². The zero-order valence-electron chi connectivity index (χ0n) is 18.8. The molecule has 0 spiro atoms. The number of hydrogen-bond donors (Lipinski definition) is 1. The Kier molecular flexibility index (Phi) is 6.99. The molecule has 4 rings (SSSR count). The number of anilines is 1. The number of hydrogen-bond acceptors (Lipinski definition) is 7. The third kappa shape index (κ3) is 5.04. The monoisotopic (exact) mass is 449 g/mol. The van der Waals surface area contributed by atoms with E-state index in [9.17, 15) is 9.59 Å². The Morgan fingerprint density at radius 1 is 1.15 bits per heavy atom. The van der Waals surface area contributed by atoms with Gasteiger partial charge in [-0.25, -0.2) is 14.5 Å². The van der Waals surface area contributed by atoms with Gasteiger partial charge in [0.1, 0.15) is 11.4 Å². The Bertz CT molecular complexity index is 1120. The van der Waals surface area contributed by atoms with Crippen molar-refractivity contribution in [2.45, 2.75) is 20.4 Å². The molecule has 1 aliphatic rings. The molecule has 1 N–H and O–H groups in total. The van der Waals surface area contributed by atoms with Gasteiger partial charge in [-0.3, -0.25) is 4.79 Å². The molecule has 0 radical (unpaired) electrons. The number of morpholine rings is 1. The number of rotatable bonds is 7. The number of benzene rings is 1. The van der Waals surface area contributed by atoms with Crippen molar-refractivity contribution in [1.29, 1.82) is 0 Å². The van der Waals surface area contributed by atoms with E-state index in [2.05, 4.69) is 20.3 Å². The van der Waals surface area contributed by atoms with E-state index in [4.69, 9.17) is 9.47 Å². The van der Waals surface area contributed by atoms with Crippen LogP contribution in [0.5, 0.6) is 0 Å². The average Bonchev–Trinajstić information content (AvgIpc) is 3.25. The van der Waals surface area contributed by atoms with Gasteiger partial charge in [0.2, 0.25) is 0 Å². The summed E-state index contributed by atoms with van der Waals surface area (Å²) in [6, 6.07) is 10.9. The van der Waals surface area contributed by atoms with Crippen LogP contribution >= 0.6 is 0 Å². The van der Waals surface area contributed by atoms with Gasteiger partial charge in [0.25, 0.3) is 5.91 Å². The summed E-state index contributed by atoms with van der Waals surface area (Å²) in [5, 5.41) is 7.27. The van der Waals surface area contributed by atoms with Crippen LogP contribution in [0.1, 0.15) is 38.9 Å². The molecule has 3 heterocycles. The number of carbonyl (C=O) groups excluding carboxylic acids is 2. The number of aromatic nitrogens is 3. The van der Waals surface area contributed by atoms with Gasteiger partial charge in [0, 0.05) is 37.0 Å². The van der Waals surface area contributed by atoms with Crippen molar-refractivity contribution in [3.05, 3.63) is 71.2 Å². The molecule has 0 saturated carbocycles. The van der Waals surface area contributed by atoms with Crippen molar-refractivity contribution in [3.63, 3.8) is 0 Å². The van der Waals surface area contributed by atoms with Crippen LogP contribution < -0.4 is 10.2 Å². The second-order valence-corrected chi connectivity index (χ2v) is 7.59. The highest BCUT2D eigenvalue weighted by atomic mass is 16.5. The Morgan fingerprint density at radius 2 is 1.91 bits per heavy atom. The van der Waals surface area contributed by atoms with Crippen LogP contribution in [-0.4, -0.2) is 59.6 Å². The number of esters is 1. The molecule has 33 heavy (non-hydrogen) atoms. The first-order valence-corrected chi connectivity index (χ1v) is 11.0. The molecular formula is C24H27N5O4. The van der Waals surface area contributed by atoms with Crippen molar-refractivity contribution < 1.29 is 19.1 Å². The van der Waals surface area contributed by atoms with Gasteiger partial charge in [-0.2, -0.15) is 5.10 Å². The summed E-state index contributed by atoms with van der Waals surface area (Å²) in [6.07, 6.45) is 3.26. The van der Waals surface area contributed by atoms with E-state index in [1.165, 1.54) is 6.20 Å². The van der Waals surface area contributed by atoms with Crippen molar-refractivity contribution >= 4 is 17.7 Å². The fraction of sp³-hybridized carbons (Fsp3) is 0.333. The topological polar surface area (TPSA) is 98.6 Å². The van der Waals surface area contributed by atoms with Crippen LogP contribution in [-0.2, 0) is 16.0 Å². The molecule has 3 aromatic rings. The maximum Gasteiger partial charge on any atom is 0.341 e. The lowest BCUT2D eigenvalue weighted by Crippen LogP contribution is -2.37. The normalized spacial score (nSPS) is 13.6. The highest BCUT2D eigenvalue weighted by Gasteiger charge is 2.18. The molecular weight excluding hydrogens is 422 g/mol. The zero-order chi connectivity index (χ0) is 23.2.